The highest BCUT2D eigenvalue weighted by atomic mass is 19.1. The first kappa shape index (κ1) is 7.94. The Kier molecular flexibility index (Phi) is 2.80. The second-order valence-electron chi connectivity index (χ2n) is 2.01. The summed E-state index contributed by atoms with van der Waals surface area (Å²) >= 11 is 0. The maximum Gasteiger partial charge on any atom is 0.141 e. The molecule has 0 saturated carbocycles. The van der Waals surface area contributed by atoms with Crippen LogP contribution in [-0.2, 0) is 0 Å². The molecule has 0 saturated heterocycles. The fraction of sp³-hybridized carbons (Fsp3) is 0.286. The molecule has 11 heavy (non-hydrogen) atoms. The summed E-state index contributed by atoms with van der Waals surface area (Å²) in [7, 11) is 0. The van der Waals surface area contributed by atoms with E-state index in [0.717, 1.165) is 6.20 Å². The average Bonchev–Trinajstić information content (AvgIpc) is 2.04. The van der Waals surface area contributed by atoms with Crippen molar-refractivity contribution in [2.45, 2.75) is 0 Å². The van der Waals surface area contributed by atoms with Gasteiger partial charge in [-0.1, -0.05) is 0 Å². The lowest BCUT2D eigenvalue weighted by Gasteiger charge is -2.00. The van der Waals surface area contributed by atoms with Crippen LogP contribution in [0.15, 0.2) is 18.3 Å². The lowest BCUT2D eigenvalue weighted by atomic mass is 10.4. The Balaban J connectivity index is 2.52. The standard InChI is InChI=1S/C7H9FN2O/c8-6-1-2-7(10-5-6)9-3-4-11/h1-2,5,11H,3-4H2,(H,9,10). The van der Waals surface area contributed by atoms with Crippen LogP contribution >= 0.6 is 0 Å². The number of nitrogens with zero attached hydrogens (tertiary/aromatic N) is 1. The number of nitrogens with one attached hydrogen (secondary N) is 1. The predicted molar refractivity (Wildman–Crippen MR) is 39.8 cm³/mol. The zero-order valence-corrected chi connectivity index (χ0v) is 5.92. The molecule has 0 aromatic carbocycles. The third kappa shape index (κ3) is 2.51. The fourth-order valence-corrected chi connectivity index (χ4v) is 0.664. The number of aliphatic hydroxyl groups excluding tert-OH is 1. The van der Waals surface area contributed by atoms with Crippen LogP contribution < -0.4 is 5.32 Å². The molecular formula is C7H9FN2O. The van der Waals surface area contributed by atoms with E-state index in [-0.39, 0.29) is 12.4 Å². The number of halogens is 1. The molecule has 0 spiro atoms. The van der Waals surface area contributed by atoms with Crippen molar-refractivity contribution >= 4 is 5.82 Å². The largest absolute Gasteiger partial charge is 0.395 e. The second kappa shape index (κ2) is 3.88. The van der Waals surface area contributed by atoms with Gasteiger partial charge in [-0.15, -0.1) is 0 Å². The molecule has 1 aromatic rings. The molecule has 0 aliphatic carbocycles. The Bertz CT molecular complexity index is 212. The minimum atomic E-state index is -0.362. The third-order valence-electron chi connectivity index (χ3n) is 1.15. The Labute approximate surface area is 63.9 Å². The molecule has 0 fully saturated rings. The number of aromatic nitrogens is 1. The van der Waals surface area contributed by atoms with Crippen molar-refractivity contribution < 1.29 is 9.50 Å². The normalized spacial score (nSPS) is 9.64. The van der Waals surface area contributed by atoms with E-state index in [1.54, 1.807) is 0 Å². The topological polar surface area (TPSA) is 45.1 Å². The van der Waals surface area contributed by atoms with Gasteiger partial charge in [-0.05, 0) is 12.1 Å². The molecule has 0 bridgehead atoms. The van der Waals surface area contributed by atoms with E-state index < -0.39 is 0 Å². The summed E-state index contributed by atoms with van der Waals surface area (Å²) in [5.41, 5.74) is 0. The van der Waals surface area contributed by atoms with Crippen molar-refractivity contribution in [2.24, 2.45) is 0 Å². The van der Waals surface area contributed by atoms with Gasteiger partial charge in [-0.2, -0.15) is 0 Å². The first-order valence-electron chi connectivity index (χ1n) is 3.29. The SMILES string of the molecule is OCCNc1ccc(F)cn1. The number of hydrogen-bond donors (Lipinski definition) is 2. The smallest absolute Gasteiger partial charge is 0.141 e. The van der Waals surface area contributed by atoms with E-state index in [9.17, 15) is 4.39 Å². The lowest BCUT2D eigenvalue weighted by molar-refractivity contribution is 0.311. The van der Waals surface area contributed by atoms with Crippen molar-refractivity contribution in [1.29, 1.82) is 0 Å². The molecule has 1 rings (SSSR count). The van der Waals surface area contributed by atoms with Gasteiger partial charge < -0.3 is 10.4 Å². The van der Waals surface area contributed by atoms with Crippen LogP contribution in [0, 0.1) is 5.82 Å². The van der Waals surface area contributed by atoms with E-state index in [1.807, 2.05) is 0 Å². The monoisotopic (exact) mass is 156 g/mol. The molecule has 2 N–H and O–H groups in total. The molecule has 0 atom stereocenters. The lowest BCUT2D eigenvalue weighted by Crippen LogP contribution is -2.06. The molecule has 1 aromatic heterocycles. The quantitative estimate of drug-likeness (QED) is 0.674. The highest BCUT2D eigenvalue weighted by molar-refractivity contribution is 5.33. The third-order valence-corrected chi connectivity index (χ3v) is 1.15. The van der Waals surface area contributed by atoms with Gasteiger partial charge in [-0.25, -0.2) is 9.37 Å². The zero-order valence-electron chi connectivity index (χ0n) is 5.92. The number of anilines is 1. The molecule has 4 heteroatoms. The van der Waals surface area contributed by atoms with E-state index in [4.69, 9.17) is 5.11 Å². The van der Waals surface area contributed by atoms with Gasteiger partial charge in [0, 0.05) is 6.54 Å². The van der Waals surface area contributed by atoms with Gasteiger partial charge in [0.1, 0.15) is 11.6 Å². The first-order valence-corrected chi connectivity index (χ1v) is 3.29. The van der Waals surface area contributed by atoms with E-state index >= 15 is 0 Å². The van der Waals surface area contributed by atoms with Crippen LogP contribution in [0.25, 0.3) is 0 Å². The molecule has 0 amide bonds. The highest BCUT2D eigenvalue weighted by Gasteiger charge is 1.91. The van der Waals surface area contributed by atoms with Gasteiger partial charge in [0.15, 0.2) is 0 Å². The molecule has 3 nitrogen and oxygen atoms in total. The summed E-state index contributed by atoms with van der Waals surface area (Å²) in [6.45, 7) is 0.470. The average molecular weight is 156 g/mol. The van der Waals surface area contributed by atoms with Crippen molar-refractivity contribution in [2.75, 3.05) is 18.5 Å². The Morgan fingerprint density at radius 3 is 2.91 bits per heavy atom. The number of hydrogen-bond acceptors (Lipinski definition) is 3. The zero-order chi connectivity index (χ0) is 8.10. The number of pyridine rings is 1. The highest BCUT2D eigenvalue weighted by Crippen LogP contribution is 2.01. The van der Waals surface area contributed by atoms with Crippen LogP contribution in [0.1, 0.15) is 0 Å². The van der Waals surface area contributed by atoms with Crippen LogP contribution in [-0.4, -0.2) is 23.2 Å². The maximum atomic E-state index is 12.3. The van der Waals surface area contributed by atoms with Gasteiger partial charge in [0.05, 0.1) is 12.8 Å². The number of rotatable bonds is 3. The molecule has 0 aliphatic heterocycles. The van der Waals surface area contributed by atoms with E-state index in [2.05, 4.69) is 10.3 Å². The van der Waals surface area contributed by atoms with Crippen LogP contribution in [0.5, 0.6) is 0 Å². The Hall–Kier alpha value is -1.16. The summed E-state index contributed by atoms with van der Waals surface area (Å²) in [6, 6.07) is 2.83. The van der Waals surface area contributed by atoms with Crippen molar-refractivity contribution in [3.8, 4) is 0 Å². The van der Waals surface area contributed by atoms with Gasteiger partial charge >= 0.3 is 0 Å². The van der Waals surface area contributed by atoms with E-state index in [0.29, 0.717) is 12.4 Å². The fourth-order valence-electron chi connectivity index (χ4n) is 0.664. The number of aliphatic hydroxyl groups is 1. The molecule has 0 radical (unpaired) electrons. The Morgan fingerprint density at radius 2 is 2.36 bits per heavy atom. The second-order valence-corrected chi connectivity index (χ2v) is 2.01. The Morgan fingerprint density at radius 1 is 1.55 bits per heavy atom. The van der Waals surface area contributed by atoms with Crippen molar-refractivity contribution in [3.63, 3.8) is 0 Å². The summed E-state index contributed by atoms with van der Waals surface area (Å²) in [4.78, 5) is 3.72. The van der Waals surface area contributed by atoms with Crippen LogP contribution in [0.2, 0.25) is 0 Å². The molecule has 0 unspecified atom stereocenters. The maximum absolute atomic E-state index is 12.3. The van der Waals surface area contributed by atoms with Crippen LogP contribution in [0.4, 0.5) is 10.2 Å². The van der Waals surface area contributed by atoms with Crippen LogP contribution in [0.3, 0.4) is 0 Å². The summed E-state index contributed by atoms with van der Waals surface area (Å²) < 4.78 is 12.3. The summed E-state index contributed by atoms with van der Waals surface area (Å²) in [5, 5.41) is 11.2. The molecule has 60 valence electrons. The van der Waals surface area contributed by atoms with Gasteiger partial charge in [-0.3, -0.25) is 0 Å². The minimum Gasteiger partial charge on any atom is -0.395 e. The molecule has 0 aliphatic rings. The summed E-state index contributed by atoms with van der Waals surface area (Å²) in [6.07, 6.45) is 1.12. The van der Waals surface area contributed by atoms with Crippen molar-refractivity contribution in [1.82, 2.24) is 4.98 Å². The first-order chi connectivity index (χ1) is 5.33. The summed E-state index contributed by atoms with van der Waals surface area (Å²) in [5.74, 6) is 0.208. The van der Waals surface area contributed by atoms with Gasteiger partial charge in [0.2, 0.25) is 0 Å². The molecular weight excluding hydrogens is 147 g/mol. The predicted octanol–water partition coefficient (Wildman–Crippen LogP) is 0.625. The minimum absolute atomic E-state index is 0.0407. The van der Waals surface area contributed by atoms with Gasteiger partial charge in [0.25, 0.3) is 0 Å². The molecule has 1 heterocycles. The van der Waals surface area contributed by atoms with E-state index in [1.165, 1.54) is 12.1 Å². The van der Waals surface area contributed by atoms with Crippen molar-refractivity contribution in [3.05, 3.63) is 24.1 Å².